The minimum atomic E-state index is -0.242. The first-order chi connectivity index (χ1) is 9.87. The summed E-state index contributed by atoms with van der Waals surface area (Å²) in [6, 6.07) is 11.1. The van der Waals surface area contributed by atoms with E-state index in [0.29, 0.717) is 6.61 Å². The molecular formula is C17H15Br2FO. The molecule has 1 aliphatic heterocycles. The van der Waals surface area contributed by atoms with E-state index in [-0.39, 0.29) is 16.1 Å². The molecule has 1 heterocycles. The van der Waals surface area contributed by atoms with Crippen LogP contribution in [0.4, 0.5) is 4.39 Å². The zero-order chi connectivity index (χ0) is 15.2. The van der Waals surface area contributed by atoms with E-state index < -0.39 is 0 Å². The predicted octanol–water partition coefficient (Wildman–Crippen LogP) is 5.74. The first-order valence-electron chi connectivity index (χ1n) is 6.74. The normalized spacial score (nSPS) is 17.2. The van der Waals surface area contributed by atoms with Crippen LogP contribution < -0.4 is 4.74 Å². The van der Waals surface area contributed by atoms with Gasteiger partial charge >= 0.3 is 0 Å². The highest BCUT2D eigenvalue weighted by molar-refractivity contribution is 9.10. The van der Waals surface area contributed by atoms with Crippen molar-refractivity contribution in [2.24, 2.45) is 0 Å². The van der Waals surface area contributed by atoms with Crippen LogP contribution in [0.5, 0.6) is 5.75 Å². The molecule has 1 aliphatic rings. The Morgan fingerprint density at radius 3 is 2.62 bits per heavy atom. The average Bonchev–Trinajstić information content (AvgIpc) is 2.72. The maximum atomic E-state index is 13.6. The molecule has 0 amide bonds. The molecule has 2 aromatic carbocycles. The number of halogens is 3. The molecule has 21 heavy (non-hydrogen) atoms. The number of alkyl halides is 1. The summed E-state index contributed by atoms with van der Waals surface area (Å²) in [5.41, 5.74) is 3.21. The second kappa shape index (κ2) is 5.40. The molecule has 0 aromatic heterocycles. The van der Waals surface area contributed by atoms with Crippen molar-refractivity contribution in [1.82, 2.24) is 0 Å². The molecule has 0 saturated heterocycles. The van der Waals surface area contributed by atoms with Gasteiger partial charge in [-0.3, -0.25) is 0 Å². The van der Waals surface area contributed by atoms with Crippen LogP contribution in [0.1, 0.15) is 35.4 Å². The van der Waals surface area contributed by atoms with Gasteiger partial charge in [-0.25, -0.2) is 4.39 Å². The standard InChI is InChI=1S/C17H15Br2FO/c1-17(2)9-21-15-4-3-10(7-14(15)17)16(19)11-5-12(18)8-13(20)6-11/h3-8,16H,9H2,1-2H3. The molecule has 1 atom stereocenters. The Bertz CT molecular complexity index is 677. The molecule has 0 bridgehead atoms. The zero-order valence-electron chi connectivity index (χ0n) is 11.8. The maximum absolute atomic E-state index is 13.6. The molecule has 0 spiro atoms. The van der Waals surface area contributed by atoms with Gasteiger partial charge < -0.3 is 4.74 Å². The SMILES string of the molecule is CC1(C)COc2ccc(C(Br)c3cc(F)cc(Br)c3)cc21. The molecule has 2 aromatic rings. The van der Waals surface area contributed by atoms with E-state index in [9.17, 15) is 4.39 Å². The molecule has 1 unspecified atom stereocenters. The van der Waals surface area contributed by atoms with Gasteiger partial charge in [0.1, 0.15) is 11.6 Å². The Labute approximate surface area is 140 Å². The van der Waals surface area contributed by atoms with Crippen LogP contribution >= 0.6 is 31.9 Å². The highest BCUT2D eigenvalue weighted by Crippen LogP contribution is 2.42. The van der Waals surface area contributed by atoms with Gasteiger partial charge in [0.15, 0.2) is 0 Å². The van der Waals surface area contributed by atoms with E-state index in [0.717, 1.165) is 21.3 Å². The molecule has 0 radical (unpaired) electrons. The summed E-state index contributed by atoms with van der Waals surface area (Å²) in [5.74, 6) is 0.706. The predicted molar refractivity (Wildman–Crippen MR) is 89.8 cm³/mol. The van der Waals surface area contributed by atoms with Crippen LogP contribution in [0.15, 0.2) is 40.9 Å². The van der Waals surface area contributed by atoms with Gasteiger partial charge in [0.05, 0.1) is 11.4 Å². The lowest BCUT2D eigenvalue weighted by molar-refractivity contribution is 0.291. The molecule has 0 saturated carbocycles. The third-order valence-corrected chi connectivity index (χ3v) is 5.31. The van der Waals surface area contributed by atoms with Crippen molar-refractivity contribution in [2.75, 3.05) is 6.61 Å². The van der Waals surface area contributed by atoms with Crippen LogP contribution in [0.3, 0.4) is 0 Å². The molecular weight excluding hydrogens is 399 g/mol. The summed E-state index contributed by atoms with van der Waals surface area (Å²) in [6.45, 7) is 5.04. The van der Waals surface area contributed by atoms with E-state index in [1.807, 2.05) is 18.2 Å². The molecule has 4 heteroatoms. The van der Waals surface area contributed by atoms with Crippen molar-refractivity contribution >= 4 is 31.9 Å². The first kappa shape index (κ1) is 15.0. The lowest BCUT2D eigenvalue weighted by atomic mass is 9.85. The summed E-state index contributed by atoms with van der Waals surface area (Å²) < 4.78 is 20.0. The molecule has 1 nitrogen and oxygen atoms in total. The number of hydrogen-bond acceptors (Lipinski definition) is 1. The lowest BCUT2D eigenvalue weighted by Crippen LogP contribution is -2.18. The van der Waals surface area contributed by atoms with E-state index in [1.54, 1.807) is 6.07 Å². The van der Waals surface area contributed by atoms with Crippen LogP contribution in [-0.4, -0.2) is 6.61 Å². The van der Waals surface area contributed by atoms with Crippen molar-refractivity contribution in [3.8, 4) is 5.75 Å². The van der Waals surface area contributed by atoms with Crippen LogP contribution in [0, 0.1) is 5.82 Å². The fourth-order valence-corrected chi connectivity index (χ4v) is 3.64. The molecule has 3 rings (SSSR count). The van der Waals surface area contributed by atoms with Gasteiger partial charge in [-0.15, -0.1) is 0 Å². The molecule has 0 aliphatic carbocycles. The fraction of sp³-hybridized carbons (Fsp3) is 0.294. The molecule has 110 valence electrons. The largest absolute Gasteiger partial charge is 0.492 e. The third kappa shape index (κ3) is 2.88. The highest BCUT2D eigenvalue weighted by atomic mass is 79.9. The van der Waals surface area contributed by atoms with Crippen molar-refractivity contribution in [2.45, 2.75) is 24.1 Å². The van der Waals surface area contributed by atoms with Gasteiger partial charge in [-0.2, -0.15) is 0 Å². The number of hydrogen-bond donors (Lipinski definition) is 0. The summed E-state index contributed by atoms with van der Waals surface area (Å²) in [4.78, 5) is -0.0498. The van der Waals surface area contributed by atoms with Crippen molar-refractivity contribution in [1.29, 1.82) is 0 Å². The Hall–Kier alpha value is -0.870. The quantitative estimate of drug-likeness (QED) is 0.570. The minimum Gasteiger partial charge on any atom is -0.492 e. The average molecular weight is 414 g/mol. The lowest BCUT2D eigenvalue weighted by Gasteiger charge is -2.18. The van der Waals surface area contributed by atoms with E-state index in [4.69, 9.17) is 4.74 Å². The van der Waals surface area contributed by atoms with Gasteiger partial charge in [0, 0.05) is 15.5 Å². The van der Waals surface area contributed by atoms with Gasteiger partial charge in [-0.05, 0) is 41.5 Å². The number of ether oxygens (including phenoxy) is 1. The van der Waals surface area contributed by atoms with Crippen LogP contribution in [0.2, 0.25) is 0 Å². The van der Waals surface area contributed by atoms with E-state index in [1.165, 1.54) is 11.6 Å². The van der Waals surface area contributed by atoms with Crippen LogP contribution in [-0.2, 0) is 5.41 Å². The van der Waals surface area contributed by atoms with Crippen LogP contribution in [0.25, 0.3) is 0 Å². The van der Waals surface area contributed by atoms with Crippen molar-refractivity contribution < 1.29 is 9.13 Å². The summed E-state index contributed by atoms with van der Waals surface area (Å²) in [5, 5.41) is 0. The molecule has 0 fully saturated rings. The third-order valence-electron chi connectivity index (χ3n) is 3.79. The van der Waals surface area contributed by atoms with E-state index in [2.05, 4.69) is 51.8 Å². The number of rotatable bonds is 2. The first-order valence-corrected chi connectivity index (χ1v) is 8.45. The molecule has 0 N–H and O–H groups in total. The Morgan fingerprint density at radius 1 is 1.14 bits per heavy atom. The van der Waals surface area contributed by atoms with Gasteiger partial charge in [-0.1, -0.05) is 51.8 Å². The van der Waals surface area contributed by atoms with Crippen molar-refractivity contribution in [3.63, 3.8) is 0 Å². The summed E-state index contributed by atoms with van der Waals surface area (Å²) >= 11 is 7.02. The Balaban J connectivity index is 2.01. The smallest absolute Gasteiger partial charge is 0.124 e. The number of fused-ring (bicyclic) bond motifs is 1. The zero-order valence-corrected chi connectivity index (χ0v) is 15.0. The fourth-order valence-electron chi connectivity index (χ4n) is 2.61. The summed E-state index contributed by atoms with van der Waals surface area (Å²) in [6.07, 6.45) is 0. The second-order valence-electron chi connectivity index (χ2n) is 5.99. The maximum Gasteiger partial charge on any atom is 0.124 e. The number of benzene rings is 2. The monoisotopic (exact) mass is 412 g/mol. The Morgan fingerprint density at radius 2 is 1.90 bits per heavy atom. The minimum absolute atomic E-state index is 0.0145. The highest BCUT2D eigenvalue weighted by Gasteiger charge is 2.32. The Kier molecular flexibility index (Phi) is 3.87. The van der Waals surface area contributed by atoms with Gasteiger partial charge in [0.25, 0.3) is 0 Å². The van der Waals surface area contributed by atoms with Gasteiger partial charge in [0.2, 0.25) is 0 Å². The van der Waals surface area contributed by atoms with Crippen molar-refractivity contribution in [3.05, 3.63) is 63.4 Å². The second-order valence-corrected chi connectivity index (χ2v) is 7.82. The summed E-state index contributed by atoms with van der Waals surface area (Å²) in [7, 11) is 0. The van der Waals surface area contributed by atoms with E-state index >= 15 is 0 Å². The topological polar surface area (TPSA) is 9.23 Å².